The van der Waals surface area contributed by atoms with Crippen LogP contribution in [-0.2, 0) is 4.79 Å². The minimum atomic E-state index is 0.124. The van der Waals surface area contributed by atoms with E-state index in [9.17, 15) is 4.79 Å². The van der Waals surface area contributed by atoms with Gasteiger partial charge in [-0.15, -0.1) is 0 Å². The highest BCUT2D eigenvalue weighted by molar-refractivity contribution is 6.14. The summed E-state index contributed by atoms with van der Waals surface area (Å²) in [6, 6.07) is 15.6. The Balaban J connectivity index is 1.90. The molecule has 4 nitrogen and oxygen atoms in total. The summed E-state index contributed by atoms with van der Waals surface area (Å²) in [6.45, 7) is 4.49. The van der Waals surface area contributed by atoms with Crippen LogP contribution < -0.4 is 9.47 Å². The highest BCUT2D eigenvalue weighted by Gasteiger charge is 2.25. The van der Waals surface area contributed by atoms with Gasteiger partial charge in [-0.2, -0.15) is 0 Å². The maximum atomic E-state index is 13.1. The lowest BCUT2D eigenvalue weighted by atomic mass is 9.94. The third-order valence-corrected chi connectivity index (χ3v) is 4.82. The van der Waals surface area contributed by atoms with Gasteiger partial charge in [-0.25, -0.2) is 0 Å². The summed E-state index contributed by atoms with van der Waals surface area (Å²) in [6.07, 6.45) is 5.04. The minimum absolute atomic E-state index is 0.124. The molecule has 1 aliphatic heterocycles. The quantitative estimate of drug-likeness (QED) is 0.697. The molecule has 2 aromatic rings. The molecule has 28 heavy (non-hydrogen) atoms. The van der Waals surface area contributed by atoms with Crippen LogP contribution >= 0.6 is 0 Å². The highest BCUT2D eigenvalue weighted by atomic mass is 16.5. The molecule has 0 aromatic heterocycles. The average Bonchev–Trinajstić information content (AvgIpc) is 2.72. The van der Waals surface area contributed by atoms with Crippen molar-refractivity contribution >= 4 is 17.9 Å². The summed E-state index contributed by atoms with van der Waals surface area (Å²) in [5, 5.41) is 0. The fourth-order valence-corrected chi connectivity index (χ4v) is 3.39. The zero-order valence-electron chi connectivity index (χ0n) is 16.8. The standard InChI is InChI=1S/C24H27NO3/c1-4-13-25-16-20(14-18-5-9-22(27-2)10-6-18)24(26)21(17-25)15-19-7-11-23(28-3)12-8-19/h5-12,14-15H,4,13,16-17H2,1-3H3. The number of piperidine rings is 1. The highest BCUT2D eigenvalue weighted by Crippen LogP contribution is 2.23. The van der Waals surface area contributed by atoms with Crippen LogP contribution in [-0.4, -0.2) is 44.5 Å². The number of carbonyl (C=O) groups excluding carboxylic acids is 1. The van der Waals surface area contributed by atoms with E-state index in [-0.39, 0.29) is 5.78 Å². The second kappa shape index (κ2) is 9.38. The zero-order chi connectivity index (χ0) is 19.9. The van der Waals surface area contributed by atoms with Gasteiger partial charge < -0.3 is 9.47 Å². The molecule has 0 N–H and O–H groups in total. The molecular formula is C24H27NO3. The fourth-order valence-electron chi connectivity index (χ4n) is 3.39. The summed E-state index contributed by atoms with van der Waals surface area (Å²) in [4.78, 5) is 15.4. The van der Waals surface area contributed by atoms with Gasteiger partial charge in [-0.1, -0.05) is 31.2 Å². The van der Waals surface area contributed by atoms with Crippen LogP contribution in [0.4, 0.5) is 0 Å². The summed E-state index contributed by atoms with van der Waals surface area (Å²) in [5.41, 5.74) is 3.66. The largest absolute Gasteiger partial charge is 0.497 e. The molecule has 0 saturated carbocycles. The molecule has 1 saturated heterocycles. The van der Waals surface area contributed by atoms with Crippen molar-refractivity contribution in [1.29, 1.82) is 0 Å². The molecule has 1 fully saturated rings. The van der Waals surface area contributed by atoms with Gasteiger partial charge in [-0.05, 0) is 60.5 Å². The van der Waals surface area contributed by atoms with Crippen LogP contribution in [0.25, 0.3) is 12.2 Å². The van der Waals surface area contributed by atoms with Crippen LogP contribution in [0.15, 0.2) is 59.7 Å². The number of benzene rings is 2. The number of nitrogens with zero attached hydrogens (tertiary/aromatic N) is 1. The van der Waals surface area contributed by atoms with Gasteiger partial charge in [0.15, 0.2) is 5.78 Å². The first-order chi connectivity index (χ1) is 13.6. The van der Waals surface area contributed by atoms with Crippen LogP contribution in [0, 0.1) is 0 Å². The van der Waals surface area contributed by atoms with Crippen molar-refractivity contribution in [2.75, 3.05) is 33.9 Å². The maximum Gasteiger partial charge on any atom is 0.187 e. The lowest BCUT2D eigenvalue weighted by molar-refractivity contribution is -0.113. The third-order valence-electron chi connectivity index (χ3n) is 4.82. The molecule has 0 radical (unpaired) electrons. The topological polar surface area (TPSA) is 38.8 Å². The second-order valence-corrected chi connectivity index (χ2v) is 6.93. The number of carbonyl (C=O) groups is 1. The average molecular weight is 377 g/mol. The van der Waals surface area contributed by atoms with Gasteiger partial charge in [-0.3, -0.25) is 9.69 Å². The number of rotatable bonds is 6. The first kappa shape index (κ1) is 19.9. The Labute approximate surface area is 167 Å². The molecule has 0 spiro atoms. The van der Waals surface area contributed by atoms with Crippen LogP contribution in [0.1, 0.15) is 24.5 Å². The first-order valence-corrected chi connectivity index (χ1v) is 9.59. The molecular weight excluding hydrogens is 350 g/mol. The second-order valence-electron chi connectivity index (χ2n) is 6.93. The van der Waals surface area contributed by atoms with Crippen LogP contribution in [0.2, 0.25) is 0 Å². The molecule has 0 unspecified atom stereocenters. The van der Waals surface area contributed by atoms with Crippen molar-refractivity contribution in [3.63, 3.8) is 0 Å². The van der Waals surface area contributed by atoms with Crippen LogP contribution in [0.5, 0.6) is 11.5 Å². The van der Waals surface area contributed by atoms with Crippen molar-refractivity contribution in [3.05, 3.63) is 70.8 Å². The minimum Gasteiger partial charge on any atom is -0.497 e. The normalized spacial score (nSPS) is 17.9. The van der Waals surface area contributed by atoms with Crippen molar-refractivity contribution < 1.29 is 14.3 Å². The van der Waals surface area contributed by atoms with Gasteiger partial charge in [0, 0.05) is 24.2 Å². The lowest BCUT2D eigenvalue weighted by Gasteiger charge is -2.29. The fraction of sp³-hybridized carbons (Fsp3) is 0.292. The lowest BCUT2D eigenvalue weighted by Crippen LogP contribution is -2.38. The maximum absolute atomic E-state index is 13.1. The number of ketones is 1. The molecule has 3 rings (SSSR count). The van der Waals surface area contributed by atoms with Crippen LogP contribution in [0.3, 0.4) is 0 Å². The van der Waals surface area contributed by atoms with Crippen molar-refractivity contribution in [2.24, 2.45) is 0 Å². The molecule has 1 aliphatic rings. The number of hydrogen-bond acceptors (Lipinski definition) is 4. The van der Waals surface area contributed by atoms with Gasteiger partial charge in [0.1, 0.15) is 11.5 Å². The van der Waals surface area contributed by atoms with E-state index in [1.165, 1.54) is 0 Å². The summed E-state index contributed by atoms with van der Waals surface area (Å²) >= 11 is 0. The monoisotopic (exact) mass is 377 g/mol. The van der Waals surface area contributed by atoms with E-state index in [0.717, 1.165) is 46.7 Å². The van der Waals surface area contributed by atoms with Crippen molar-refractivity contribution in [3.8, 4) is 11.5 Å². The van der Waals surface area contributed by atoms with E-state index in [4.69, 9.17) is 9.47 Å². The summed E-state index contributed by atoms with van der Waals surface area (Å²) < 4.78 is 10.4. The molecule has 0 atom stereocenters. The van der Waals surface area contributed by atoms with E-state index in [2.05, 4.69) is 11.8 Å². The van der Waals surface area contributed by atoms with E-state index >= 15 is 0 Å². The Morgan fingerprint density at radius 2 is 1.25 bits per heavy atom. The van der Waals surface area contributed by atoms with Crippen molar-refractivity contribution in [2.45, 2.75) is 13.3 Å². The van der Waals surface area contributed by atoms with E-state index in [1.807, 2.05) is 60.7 Å². The number of Topliss-reactive ketones (excluding diaryl/α,β-unsaturated/α-hetero) is 1. The Hall–Kier alpha value is -2.85. The third kappa shape index (κ3) is 4.90. The summed E-state index contributed by atoms with van der Waals surface area (Å²) in [7, 11) is 3.30. The molecule has 0 bridgehead atoms. The Bertz CT molecular complexity index is 794. The van der Waals surface area contributed by atoms with Gasteiger partial charge in [0.05, 0.1) is 14.2 Å². The first-order valence-electron chi connectivity index (χ1n) is 9.59. The molecule has 4 heteroatoms. The summed E-state index contributed by atoms with van der Waals surface area (Å²) in [5.74, 6) is 1.74. The molecule has 0 aliphatic carbocycles. The predicted octanol–water partition coefficient (Wildman–Crippen LogP) is 4.47. The number of likely N-dealkylation sites (tertiary alicyclic amines) is 1. The molecule has 2 aromatic carbocycles. The van der Waals surface area contributed by atoms with Crippen molar-refractivity contribution in [1.82, 2.24) is 4.90 Å². The number of hydrogen-bond donors (Lipinski definition) is 0. The smallest absolute Gasteiger partial charge is 0.187 e. The molecule has 1 heterocycles. The Morgan fingerprint density at radius 3 is 1.61 bits per heavy atom. The SMILES string of the molecule is CCCN1CC(=Cc2ccc(OC)cc2)C(=O)C(=Cc2ccc(OC)cc2)C1. The van der Waals surface area contributed by atoms with E-state index in [0.29, 0.717) is 13.1 Å². The Morgan fingerprint density at radius 1 is 0.821 bits per heavy atom. The molecule has 146 valence electrons. The predicted molar refractivity (Wildman–Crippen MR) is 114 cm³/mol. The number of methoxy groups -OCH3 is 2. The van der Waals surface area contributed by atoms with Gasteiger partial charge in [0.25, 0.3) is 0 Å². The van der Waals surface area contributed by atoms with Gasteiger partial charge >= 0.3 is 0 Å². The zero-order valence-corrected chi connectivity index (χ0v) is 16.8. The Kier molecular flexibility index (Phi) is 6.66. The molecule has 0 amide bonds. The van der Waals surface area contributed by atoms with Gasteiger partial charge in [0.2, 0.25) is 0 Å². The van der Waals surface area contributed by atoms with E-state index < -0.39 is 0 Å². The van der Waals surface area contributed by atoms with E-state index in [1.54, 1.807) is 14.2 Å². The number of ether oxygens (including phenoxy) is 2.